The van der Waals surface area contributed by atoms with Gasteiger partial charge in [0.1, 0.15) is 11.6 Å². The number of anilines is 1. The van der Waals surface area contributed by atoms with Gasteiger partial charge in [0, 0.05) is 12.2 Å². The van der Waals surface area contributed by atoms with Gasteiger partial charge in [0.25, 0.3) is 0 Å². The number of nitrogens with zero attached hydrogens (tertiary/aromatic N) is 1. The molecule has 1 heterocycles. The molecule has 1 aromatic carbocycles. The van der Waals surface area contributed by atoms with Gasteiger partial charge in [0.15, 0.2) is 0 Å². The van der Waals surface area contributed by atoms with Crippen LogP contribution in [0.5, 0.6) is 5.75 Å². The van der Waals surface area contributed by atoms with E-state index in [2.05, 4.69) is 52.2 Å². The molecule has 2 aromatic rings. The Morgan fingerprint density at radius 1 is 1.21 bits per heavy atom. The Hall–Kier alpha value is -1.55. The van der Waals surface area contributed by atoms with Crippen molar-refractivity contribution in [2.24, 2.45) is 0 Å². The molecule has 0 aliphatic rings. The van der Waals surface area contributed by atoms with Crippen molar-refractivity contribution in [2.75, 3.05) is 12.4 Å². The molecule has 0 fully saturated rings. The third-order valence-electron chi connectivity index (χ3n) is 3.05. The van der Waals surface area contributed by atoms with Gasteiger partial charge in [-0.1, -0.05) is 12.1 Å². The van der Waals surface area contributed by atoms with Crippen molar-refractivity contribution in [3.63, 3.8) is 0 Å². The zero-order valence-corrected chi connectivity index (χ0v) is 12.9. The second-order valence-electron chi connectivity index (χ2n) is 4.43. The number of ether oxygens (including phenoxy) is 1. The van der Waals surface area contributed by atoms with Crippen LogP contribution >= 0.6 is 15.9 Å². The van der Waals surface area contributed by atoms with Crippen molar-refractivity contribution in [1.29, 1.82) is 0 Å². The molecule has 100 valence electrons. The Balaban J connectivity index is 2.15. The molecule has 1 atom stereocenters. The maximum Gasteiger partial charge on any atom is 0.141 e. The Bertz CT molecular complexity index is 555. The van der Waals surface area contributed by atoms with Crippen LogP contribution in [0.4, 0.5) is 5.82 Å². The monoisotopic (exact) mass is 320 g/mol. The van der Waals surface area contributed by atoms with E-state index in [0.717, 1.165) is 16.0 Å². The highest BCUT2D eigenvalue weighted by atomic mass is 79.9. The fourth-order valence-electron chi connectivity index (χ4n) is 1.82. The smallest absolute Gasteiger partial charge is 0.141 e. The third-order valence-corrected chi connectivity index (χ3v) is 4.05. The molecule has 0 saturated carbocycles. The molecule has 1 aromatic heterocycles. The zero-order chi connectivity index (χ0) is 13.8. The van der Waals surface area contributed by atoms with Gasteiger partial charge < -0.3 is 10.1 Å². The number of aromatic nitrogens is 1. The average Bonchev–Trinajstić information content (AvgIpc) is 2.44. The Morgan fingerprint density at radius 3 is 2.53 bits per heavy atom. The van der Waals surface area contributed by atoms with Crippen molar-refractivity contribution >= 4 is 21.7 Å². The molecule has 3 nitrogen and oxygen atoms in total. The maximum atomic E-state index is 5.16. The lowest BCUT2D eigenvalue weighted by molar-refractivity contribution is 0.414. The predicted molar refractivity (Wildman–Crippen MR) is 81.7 cm³/mol. The molecule has 19 heavy (non-hydrogen) atoms. The highest BCUT2D eigenvalue weighted by Gasteiger charge is 2.09. The molecule has 0 bridgehead atoms. The first-order valence-electron chi connectivity index (χ1n) is 6.13. The minimum Gasteiger partial charge on any atom is -0.497 e. The van der Waals surface area contributed by atoms with Gasteiger partial charge in [-0.25, -0.2) is 4.98 Å². The minimum absolute atomic E-state index is 0.177. The van der Waals surface area contributed by atoms with Gasteiger partial charge in [-0.3, -0.25) is 0 Å². The topological polar surface area (TPSA) is 34.1 Å². The molecule has 4 heteroatoms. The van der Waals surface area contributed by atoms with Crippen LogP contribution in [0.1, 0.15) is 24.1 Å². The number of benzene rings is 1. The van der Waals surface area contributed by atoms with E-state index < -0.39 is 0 Å². The number of pyridine rings is 1. The summed E-state index contributed by atoms with van der Waals surface area (Å²) in [7, 11) is 1.67. The highest BCUT2D eigenvalue weighted by molar-refractivity contribution is 9.10. The van der Waals surface area contributed by atoms with E-state index in [1.165, 1.54) is 11.1 Å². The highest BCUT2D eigenvalue weighted by Crippen LogP contribution is 2.27. The largest absolute Gasteiger partial charge is 0.497 e. The maximum absolute atomic E-state index is 5.16. The van der Waals surface area contributed by atoms with Crippen LogP contribution in [-0.2, 0) is 0 Å². The lowest BCUT2D eigenvalue weighted by Crippen LogP contribution is -2.08. The first kappa shape index (κ1) is 13.9. The lowest BCUT2D eigenvalue weighted by Gasteiger charge is -2.17. The van der Waals surface area contributed by atoms with Crippen LogP contribution in [-0.4, -0.2) is 12.1 Å². The molecular formula is C15H17BrN2O. The first-order valence-corrected chi connectivity index (χ1v) is 6.92. The Labute approximate surface area is 122 Å². The summed E-state index contributed by atoms with van der Waals surface area (Å²) in [6.45, 7) is 4.16. The Kier molecular flexibility index (Phi) is 4.43. The second kappa shape index (κ2) is 6.06. The summed E-state index contributed by atoms with van der Waals surface area (Å²) in [5.74, 6) is 1.73. The summed E-state index contributed by atoms with van der Waals surface area (Å²) in [4.78, 5) is 4.36. The van der Waals surface area contributed by atoms with Crippen LogP contribution in [0.2, 0.25) is 0 Å². The minimum atomic E-state index is 0.177. The van der Waals surface area contributed by atoms with E-state index >= 15 is 0 Å². The summed E-state index contributed by atoms with van der Waals surface area (Å²) in [5.41, 5.74) is 2.36. The molecule has 2 rings (SSSR count). The number of methoxy groups -OCH3 is 1. The lowest BCUT2D eigenvalue weighted by atomic mass is 10.1. The predicted octanol–water partition coefficient (Wildman–Crippen LogP) is 4.33. The van der Waals surface area contributed by atoms with Gasteiger partial charge in [0.05, 0.1) is 11.6 Å². The van der Waals surface area contributed by atoms with Crippen molar-refractivity contribution in [3.8, 4) is 5.75 Å². The van der Waals surface area contributed by atoms with Crippen LogP contribution in [0, 0.1) is 6.92 Å². The van der Waals surface area contributed by atoms with Crippen LogP contribution in [0.3, 0.4) is 0 Å². The van der Waals surface area contributed by atoms with E-state index in [9.17, 15) is 0 Å². The summed E-state index contributed by atoms with van der Waals surface area (Å²) in [6.07, 6.45) is 1.81. The molecule has 1 unspecified atom stereocenters. The fourth-order valence-corrected chi connectivity index (χ4v) is 2.17. The number of nitrogens with one attached hydrogen (secondary N) is 1. The van der Waals surface area contributed by atoms with Crippen molar-refractivity contribution < 1.29 is 4.74 Å². The van der Waals surface area contributed by atoms with Gasteiger partial charge in [-0.2, -0.15) is 0 Å². The van der Waals surface area contributed by atoms with Crippen molar-refractivity contribution in [3.05, 3.63) is 52.1 Å². The summed E-state index contributed by atoms with van der Waals surface area (Å²) >= 11 is 3.56. The summed E-state index contributed by atoms with van der Waals surface area (Å²) in [5, 5.41) is 3.41. The quantitative estimate of drug-likeness (QED) is 0.910. The number of rotatable bonds is 4. The van der Waals surface area contributed by atoms with Crippen molar-refractivity contribution in [1.82, 2.24) is 4.98 Å². The van der Waals surface area contributed by atoms with E-state index in [0.29, 0.717) is 0 Å². The van der Waals surface area contributed by atoms with Gasteiger partial charge in [0.2, 0.25) is 0 Å². The number of hydrogen-bond acceptors (Lipinski definition) is 3. The molecule has 0 amide bonds. The first-order chi connectivity index (χ1) is 9.11. The number of hydrogen-bond donors (Lipinski definition) is 1. The van der Waals surface area contributed by atoms with E-state index in [1.807, 2.05) is 24.4 Å². The molecule has 1 N–H and O–H groups in total. The van der Waals surface area contributed by atoms with Crippen LogP contribution in [0.25, 0.3) is 0 Å². The third kappa shape index (κ3) is 3.26. The molecule has 0 spiro atoms. The van der Waals surface area contributed by atoms with E-state index in [1.54, 1.807) is 7.11 Å². The zero-order valence-electron chi connectivity index (χ0n) is 11.3. The summed E-state index contributed by atoms with van der Waals surface area (Å²) < 4.78 is 6.17. The molecule has 0 aliphatic heterocycles. The second-order valence-corrected chi connectivity index (χ2v) is 5.22. The molecule has 0 radical (unpaired) electrons. The molecular weight excluding hydrogens is 304 g/mol. The van der Waals surface area contributed by atoms with Gasteiger partial charge >= 0.3 is 0 Å². The average molecular weight is 321 g/mol. The van der Waals surface area contributed by atoms with Crippen molar-refractivity contribution in [2.45, 2.75) is 19.9 Å². The number of halogens is 1. The van der Waals surface area contributed by atoms with Crippen LogP contribution in [0.15, 0.2) is 41.0 Å². The van der Waals surface area contributed by atoms with Gasteiger partial charge in [-0.15, -0.1) is 0 Å². The molecule has 0 aliphatic carbocycles. The number of aryl methyl sites for hydroxylation is 1. The van der Waals surface area contributed by atoms with E-state index in [-0.39, 0.29) is 6.04 Å². The molecule has 0 saturated heterocycles. The normalized spacial score (nSPS) is 12.0. The fraction of sp³-hybridized carbons (Fsp3) is 0.267. The van der Waals surface area contributed by atoms with Crippen LogP contribution < -0.4 is 10.1 Å². The summed E-state index contributed by atoms with van der Waals surface area (Å²) in [6, 6.07) is 10.2. The standard InChI is InChI=1S/C15H17BrN2O/c1-10-8-9-17-15(14(10)16)18-11(2)12-4-6-13(19-3)7-5-12/h4-9,11H,1-3H3,(H,17,18). The van der Waals surface area contributed by atoms with E-state index in [4.69, 9.17) is 4.74 Å². The van der Waals surface area contributed by atoms with Gasteiger partial charge in [-0.05, 0) is 59.1 Å². The Morgan fingerprint density at radius 2 is 1.89 bits per heavy atom. The SMILES string of the molecule is COc1ccc(C(C)Nc2nccc(C)c2Br)cc1.